The molecule has 0 aliphatic carbocycles. The maximum atomic E-state index is 13.0. The number of halogens is 4. The van der Waals surface area contributed by atoms with E-state index in [-0.39, 0.29) is 18.9 Å². The van der Waals surface area contributed by atoms with Gasteiger partial charge in [-0.1, -0.05) is 11.6 Å². The van der Waals surface area contributed by atoms with Gasteiger partial charge in [0.2, 0.25) is 15.9 Å². The van der Waals surface area contributed by atoms with Gasteiger partial charge in [0.1, 0.15) is 0 Å². The molecule has 0 bridgehead atoms. The summed E-state index contributed by atoms with van der Waals surface area (Å²) in [7, 11) is -4.23. The molecule has 1 aliphatic rings. The molecule has 1 amide bonds. The van der Waals surface area contributed by atoms with Crippen LogP contribution in [-0.4, -0.2) is 56.9 Å². The Balaban J connectivity index is 1.55. The van der Waals surface area contributed by atoms with Crippen LogP contribution in [0.3, 0.4) is 0 Å². The minimum Gasteiger partial charge on any atom is -0.346 e. The molecule has 1 aromatic carbocycles. The number of hydrogen-bond acceptors (Lipinski definition) is 6. The highest BCUT2D eigenvalue weighted by Gasteiger charge is 2.34. The SMILES string of the molecule is O=C(CCNS(=O)(=O)c1ccc(Cl)c(C(F)(F)F)c1)N1CCCN(c2nccs2)CC1. The molecule has 170 valence electrons. The lowest BCUT2D eigenvalue weighted by molar-refractivity contribution is -0.137. The summed E-state index contributed by atoms with van der Waals surface area (Å²) in [5, 5.41) is 2.19. The van der Waals surface area contributed by atoms with E-state index in [0.29, 0.717) is 25.7 Å². The zero-order valence-corrected chi connectivity index (χ0v) is 18.6. The monoisotopic (exact) mass is 496 g/mol. The highest BCUT2D eigenvalue weighted by atomic mass is 35.5. The van der Waals surface area contributed by atoms with Crippen LogP contribution < -0.4 is 9.62 Å². The first-order valence-electron chi connectivity index (χ1n) is 9.36. The number of anilines is 1. The largest absolute Gasteiger partial charge is 0.417 e. The van der Waals surface area contributed by atoms with Gasteiger partial charge in [-0.2, -0.15) is 13.2 Å². The van der Waals surface area contributed by atoms with E-state index in [1.807, 2.05) is 5.38 Å². The number of hydrogen-bond donors (Lipinski definition) is 1. The van der Waals surface area contributed by atoms with Crippen LogP contribution in [0.1, 0.15) is 18.4 Å². The molecule has 2 heterocycles. The summed E-state index contributed by atoms with van der Waals surface area (Å²) < 4.78 is 65.8. The van der Waals surface area contributed by atoms with E-state index in [0.717, 1.165) is 30.2 Å². The predicted octanol–water partition coefficient (Wildman–Crippen LogP) is 3.22. The van der Waals surface area contributed by atoms with E-state index in [4.69, 9.17) is 11.6 Å². The smallest absolute Gasteiger partial charge is 0.346 e. The van der Waals surface area contributed by atoms with Gasteiger partial charge in [0.15, 0.2) is 5.13 Å². The van der Waals surface area contributed by atoms with Crippen molar-refractivity contribution in [3.63, 3.8) is 0 Å². The fraction of sp³-hybridized carbons (Fsp3) is 0.444. The Morgan fingerprint density at radius 1 is 1.23 bits per heavy atom. The third-order valence-electron chi connectivity index (χ3n) is 4.72. The van der Waals surface area contributed by atoms with Crippen LogP contribution in [0, 0.1) is 0 Å². The van der Waals surface area contributed by atoms with Gasteiger partial charge in [-0.25, -0.2) is 18.1 Å². The van der Waals surface area contributed by atoms with Crippen LogP contribution >= 0.6 is 22.9 Å². The van der Waals surface area contributed by atoms with Crippen molar-refractivity contribution >= 4 is 44.0 Å². The summed E-state index contributed by atoms with van der Waals surface area (Å²) in [6.45, 7) is 2.19. The molecular weight excluding hydrogens is 477 g/mol. The van der Waals surface area contributed by atoms with E-state index >= 15 is 0 Å². The Labute approximate surface area is 186 Å². The molecule has 0 unspecified atom stereocenters. The number of carbonyl (C=O) groups excluding carboxylic acids is 1. The Morgan fingerprint density at radius 3 is 2.68 bits per heavy atom. The number of benzene rings is 1. The van der Waals surface area contributed by atoms with Gasteiger partial charge < -0.3 is 9.80 Å². The molecule has 0 saturated carbocycles. The number of rotatable bonds is 6. The number of amides is 1. The fourth-order valence-corrected chi connectivity index (χ4v) is 5.13. The summed E-state index contributed by atoms with van der Waals surface area (Å²) in [6, 6.07) is 2.35. The standard InChI is InChI=1S/C18H20ClF3N4O3S2/c19-15-3-2-13(12-14(15)18(20,21)22)31(28,29)24-5-4-16(27)25-7-1-8-26(10-9-25)17-23-6-11-30-17/h2-3,6,11-12,24H,1,4-5,7-10H2. The van der Waals surface area contributed by atoms with Crippen molar-refractivity contribution in [3.8, 4) is 0 Å². The molecule has 1 aliphatic heterocycles. The lowest BCUT2D eigenvalue weighted by Crippen LogP contribution is -2.37. The van der Waals surface area contributed by atoms with E-state index in [2.05, 4.69) is 14.6 Å². The topological polar surface area (TPSA) is 82.6 Å². The van der Waals surface area contributed by atoms with E-state index < -0.39 is 31.7 Å². The first-order valence-corrected chi connectivity index (χ1v) is 12.1. The van der Waals surface area contributed by atoms with Gasteiger partial charge in [0, 0.05) is 50.7 Å². The van der Waals surface area contributed by atoms with Crippen LogP contribution in [0.4, 0.5) is 18.3 Å². The number of aromatic nitrogens is 1. The normalized spacial score (nSPS) is 15.7. The molecule has 3 rings (SSSR count). The molecule has 1 aromatic heterocycles. The fourth-order valence-electron chi connectivity index (χ4n) is 3.15. The molecular formula is C18H20ClF3N4O3S2. The maximum absolute atomic E-state index is 13.0. The quantitative estimate of drug-likeness (QED) is 0.664. The maximum Gasteiger partial charge on any atom is 0.417 e. The summed E-state index contributed by atoms with van der Waals surface area (Å²) in [5.74, 6) is -0.226. The van der Waals surface area contributed by atoms with Crippen LogP contribution in [0.5, 0.6) is 0 Å². The first kappa shape index (κ1) is 23.8. The number of nitrogens with zero attached hydrogens (tertiary/aromatic N) is 3. The van der Waals surface area contributed by atoms with Gasteiger partial charge in [-0.3, -0.25) is 4.79 Å². The van der Waals surface area contributed by atoms with Crippen LogP contribution in [0.2, 0.25) is 5.02 Å². The Bertz CT molecular complexity index is 1020. The van der Waals surface area contributed by atoms with Crippen molar-refractivity contribution in [2.24, 2.45) is 0 Å². The van der Waals surface area contributed by atoms with Crippen LogP contribution in [0.15, 0.2) is 34.7 Å². The van der Waals surface area contributed by atoms with Crippen molar-refractivity contribution in [1.82, 2.24) is 14.6 Å². The van der Waals surface area contributed by atoms with Gasteiger partial charge in [0.05, 0.1) is 15.5 Å². The average Bonchev–Trinajstić information content (AvgIpc) is 3.11. The number of nitrogens with one attached hydrogen (secondary N) is 1. The van der Waals surface area contributed by atoms with Crippen molar-refractivity contribution in [2.75, 3.05) is 37.6 Å². The molecule has 7 nitrogen and oxygen atoms in total. The first-order chi connectivity index (χ1) is 14.6. The molecule has 1 fully saturated rings. The Kier molecular flexibility index (Phi) is 7.45. The molecule has 1 saturated heterocycles. The van der Waals surface area contributed by atoms with E-state index in [1.165, 1.54) is 11.3 Å². The van der Waals surface area contributed by atoms with Crippen LogP contribution in [-0.2, 0) is 21.0 Å². The minimum absolute atomic E-state index is 0.101. The summed E-state index contributed by atoms with van der Waals surface area (Å²) in [4.78, 5) is 20.0. The molecule has 0 spiro atoms. The van der Waals surface area contributed by atoms with E-state index in [9.17, 15) is 26.4 Å². The summed E-state index contributed by atoms with van der Waals surface area (Å²) >= 11 is 7.05. The molecule has 13 heteroatoms. The van der Waals surface area contributed by atoms with E-state index in [1.54, 1.807) is 11.1 Å². The number of carbonyl (C=O) groups is 1. The highest BCUT2D eigenvalue weighted by molar-refractivity contribution is 7.89. The second-order valence-electron chi connectivity index (χ2n) is 6.82. The summed E-state index contributed by atoms with van der Waals surface area (Å²) in [5.41, 5.74) is -1.23. The lowest BCUT2D eigenvalue weighted by atomic mass is 10.2. The molecule has 1 N–H and O–H groups in total. The number of alkyl halides is 3. The molecule has 2 aromatic rings. The van der Waals surface area contributed by atoms with Crippen molar-refractivity contribution in [3.05, 3.63) is 40.4 Å². The zero-order valence-electron chi connectivity index (χ0n) is 16.2. The van der Waals surface area contributed by atoms with Crippen LogP contribution in [0.25, 0.3) is 0 Å². The second-order valence-corrected chi connectivity index (χ2v) is 9.87. The Morgan fingerprint density at radius 2 is 2.00 bits per heavy atom. The van der Waals surface area contributed by atoms with Gasteiger partial charge in [0.25, 0.3) is 0 Å². The molecule has 31 heavy (non-hydrogen) atoms. The van der Waals surface area contributed by atoms with Gasteiger partial charge >= 0.3 is 6.18 Å². The minimum atomic E-state index is -4.78. The molecule has 0 atom stereocenters. The Hall–Kier alpha value is -1.89. The van der Waals surface area contributed by atoms with Gasteiger partial charge in [-0.05, 0) is 24.6 Å². The lowest BCUT2D eigenvalue weighted by Gasteiger charge is -2.21. The third-order valence-corrected chi connectivity index (χ3v) is 7.34. The summed E-state index contributed by atoms with van der Waals surface area (Å²) in [6.07, 6.45) is -2.41. The van der Waals surface area contributed by atoms with Crippen molar-refractivity contribution < 1.29 is 26.4 Å². The molecule has 0 radical (unpaired) electrons. The van der Waals surface area contributed by atoms with Crippen molar-refractivity contribution in [1.29, 1.82) is 0 Å². The average molecular weight is 497 g/mol. The highest BCUT2D eigenvalue weighted by Crippen LogP contribution is 2.35. The third kappa shape index (κ3) is 6.09. The second kappa shape index (κ2) is 9.72. The van der Waals surface area contributed by atoms with Gasteiger partial charge in [-0.15, -0.1) is 11.3 Å². The number of sulfonamides is 1. The predicted molar refractivity (Wildman–Crippen MR) is 112 cm³/mol. The number of thiazole rings is 1. The zero-order chi connectivity index (χ0) is 22.6. The van der Waals surface area contributed by atoms with Crippen molar-refractivity contribution in [2.45, 2.75) is 23.9 Å².